The van der Waals surface area contributed by atoms with Crippen LogP contribution in [-0.2, 0) is 18.8 Å². The Bertz CT molecular complexity index is 1260. The highest BCUT2D eigenvalue weighted by Crippen LogP contribution is 2.92. The number of carbonyl (C=O) groups is 1. The van der Waals surface area contributed by atoms with Gasteiger partial charge in [-0.05, 0) is 43.4 Å². The van der Waals surface area contributed by atoms with E-state index in [2.05, 4.69) is 11.6 Å². The fourth-order valence-corrected chi connectivity index (χ4v) is 10.1. The van der Waals surface area contributed by atoms with Gasteiger partial charge in [-0.3, -0.25) is 0 Å². The lowest BCUT2D eigenvalue weighted by Gasteiger charge is -2.65. The zero-order chi connectivity index (χ0) is 26.8. The van der Waals surface area contributed by atoms with Crippen molar-refractivity contribution < 1.29 is 49.0 Å². The van der Waals surface area contributed by atoms with Crippen molar-refractivity contribution in [2.45, 2.75) is 93.0 Å². The number of aliphatic hydroxyl groups excluding tert-OH is 1. The number of esters is 1. The van der Waals surface area contributed by atoms with Gasteiger partial charge in [-0.25, -0.2) is 4.79 Å². The molecule has 4 aliphatic carbocycles. The summed E-state index contributed by atoms with van der Waals surface area (Å²) in [6.45, 7) is 10.5. The van der Waals surface area contributed by atoms with Gasteiger partial charge in [0.15, 0.2) is 17.5 Å². The number of aliphatic hydroxyl groups is 4. The van der Waals surface area contributed by atoms with Crippen LogP contribution in [0.15, 0.2) is 30.5 Å². The number of nitrogens with one attached hydrogen (secondary N) is 1. The maximum atomic E-state index is 13.4. The molecule has 10 atom stereocenters. The third-order valence-corrected chi connectivity index (χ3v) is 11.5. The quantitative estimate of drug-likeness (QED) is 0.179. The van der Waals surface area contributed by atoms with Crippen molar-refractivity contribution in [3.63, 3.8) is 0 Å². The molecule has 7 aliphatic rings. The molecule has 0 radical (unpaired) electrons. The average Bonchev–Trinajstić information content (AvgIpc) is 3.43. The van der Waals surface area contributed by atoms with Crippen LogP contribution in [0, 0.1) is 16.7 Å². The van der Waals surface area contributed by atoms with Crippen molar-refractivity contribution in [3.8, 4) is 0 Å². The van der Waals surface area contributed by atoms with Gasteiger partial charge in [0.05, 0.1) is 5.41 Å². The minimum absolute atomic E-state index is 0.102. The van der Waals surface area contributed by atoms with E-state index < -0.39 is 76.0 Å². The molecule has 1 aromatic rings. The van der Waals surface area contributed by atoms with Gasteiger partial charge < -0.3 is 49.2 Å². The van der Waals surface area contributed by atoms with E-state index in [4.69, 9.17) is 18.8 Å². The third kappa shape index (κ3) is 1.78. The molecule has 37 heavy (non-hydrogen) atoms. The molecule has 6 N–H and O–H groups in total. The number of ether oxygens (including phenoxy) is 2. The Morgan fingerprint density at radius 1 is 1.24 bits per heavy atom. The van der Waals surface area contributed by atoms with E-state index in [9.17, 15) is 30.2 Å². The molecular weight excluding hydrogens is 485 g/mol. The summed E-state index contributed by atoms with van der Waals surface area (Å²) < 4.78 is 24.8. The van der Waals surface area contributed by atoms with Gasteiger partial charge in [0, 0.05) is 18.0 Å². The Labute approximate surface area is 213 Å². The molecule has 3 aliphatic heterocycles. The second kappa shape index (κ2) is 6.18. The number of hydrogen-bond donors (Lipinski definition) is 6. The molecule has 3 saturated heterocycles. The largest absolute Gasteiger partial charge is 0.637 e. The predicted molar refractivity (Wildman–Crippen MR) is 124 cm³/mol. The standard InChI is InChI=1S/C25H32BNO10/c1-12(2)22(31)17(34-16(29)14-7-6-10-27-14)24-18(4)11-21(30)19(22,5)25(24,32)23(35-21)15(28)13(3)8-9-20(18,23)36-26(33)37-24/h6-7,10,12,15,17,27-28,30-33H,3,8-9,11H2,1-2,4-5H3/t15-,17-,18+,19-,20+,21+,22-,23-,24-,25+/m1/s1. The summed E-state index contributed by atoms with van der Waals surface area (Å²) in [7, 11) is -1.90. The SMILES string of the molecule is C=C1CC[C@@]23OB(O)O[C@@]45[C@H](OC(=O)c6ccc[nH]6)[C@](O)(C(C)C)[C@]6(C)[C@]4(O)[C@@]2(O[C@@]6(O)C[C@@]35C)[C@@H]1O. The smallest absolute Gasteiger partial charge is 0.451 e. The summed E-state index contributed by atoms with van der Waals surface area (Å²) in [6, 6.07) is 3.12. The lowest BCUT2D eigenvalue weighted by molar-refractivity contribution is -0.390. The van der Waals surface area contributed by atoms with Crippen molar-refractivity contribution in [1.82, 2.24) is 4.98 Å². The second-order valence-electron chi connectivity index (χ2n) is 12.5. The molecule has 1 aromatic heterocycles. The minimum atomic E-state index is -2.41. The van der Waals surface area contributed by atoms with E-state index >= 15 is 0 Å². The van der Waals surface area contributed by atoms with Crippen LogP contribution >= 0.6 is 0 Å². The van der Waals surface area contributed by atoms with Crippen LogP contribution in [0.3, 0.4) is 0 Å². The van der Waals surface area contributed by atoms with Gasteiger partial charge in [-0.2, -0.15) is 0 Å². The molecule has 200 valence electrons. The Morgan fingerprint density at radius 2 is 1.95 bits per heavy atom. The molecule has 12 heteroatoms. The molecule has 8 rings (SSSR count). The van der Waals surface area contributed by atoms with E-state index in [1.807, 2.05) is 0 Å². The second-order valence-corrected chi connectivity index (χ2v) is 12.5. The van der Waals surface area contributed by atoms with Crippen LogP contribution in [0.25, 0.3) is 0 Å². The normalized spacial score (nSPS) is 56.8. The zero-order valence-electron chi connectivity index (χ0n) is 21.1. The van der Waals surface area contributed by atoms with Gasteiger partial charge in [-0.15, -0.1) is 0 Å². The van der Waals surface area contributed by atoms with Crippen LogP contribution in [0.4, 0.5) is 0 Å². The summed E-state index contributed by atoms with van der Waals surface area (Å²) in [6.07, 6.45) is -1.33. The molecule has 4 saturated carbocycles. The Balaban J connectivity index is 1.60. The maximum Gasteiger partial charge on any atom is 0.637 e. The molecule has 3 spiro atoms. The van der Waals surface area contributed by atoms with Crippen LogP contribution in [0.1, 0.15) is 57.4 Å². The highest BCUT2D eigenvalue weighted by molar-refractivity contribution is 6.35. The number of H-pyrrole nitrogens is 1. The highest BCUT2D eigenvalue weighted by atomic mass is 16.8. The highest BCUT2D eigenvalue weighted by Gasteiger charge is 3.12. The van der Waals surface area contributed by atoms with Crippen molar-refractivity contribution in [3.05, 3.63) is 36.2 Å². The molecule has 0 aromatic carbocycles. The fraction of sp³-hybridized carbons (Fsp3) is 0.720. The van der Waals surface area contributed by atoms with E-state index in [1.54, 1.807) is 33.0 Å². The first-order chi connectivity index (χ1) is 17.1. The van der Waals surface area contributed by atoms with E-state index in [1.165, 1.54) is 13.0 Å². The van der Waals surface area contributed by atoms with Crippen molar-refractivity contribution in [2.24, 2.45) is 16.7 Å². The van der Waals surface area contributed by atoms with E-state index in [0.717, 1.165) is 0 Å². The van der Waals surface area contributed by atoms with Crippen LogP contribution in [0.5, 0.6) is 0 Å². The van der Waals surface area contributed by atoms with Gasteiger partial charge in [0.2, 0.25) is 0 Å². The van der Waals surface area contributed by atoms with Crippen LogP contribution in [0.2, 0.25) is 0 Å². The maximum absolute atomic E-state index is 13.4. The molecule has 7 fully saturated rings. The monoisotopic (exact) mass is 517 g/mol. The number of aromatic nitrogens is 1. The Hall–Kier alpha value is -1.77. The number of rotatable bonds is 3. The first-order valence-electron chi connectivity index (χ1n) is 12.7. The van der Waals surface area contributed by atoms with Crippen LogP contribution < -0.4 is 0 Å². The van der Waals surface area contributed by atoms with Crippen molar-refractivity contribution in [1.29, 1.82) is 0 Å². The van der Waals surface area contributed by atoms with Crippen LogP contribution in [-0.4, -0.2) is 89.7 Å². The summed E-state index contributed by atoms with van der Waals surface area (Å²) >= 11 is 0. The Kier molecular flexibility index (Phi) is 4.06. The van der Waals surface area contributed by atoms with Gasteiger partial charge in [0.25, 0.3) is 0 Å². The van der Waals surface area contributed by atoms with E-state index in [-0.39, 0.29) is 25.0 Å². The lowest BCUT2D eigenvalue weighted by atomic mass is 9.52. The topological polar surface area (TPSA) is 171 Å². The van der Waals surface area contributed by atoms with E-state index in [0.29, 0.717) is 5.57 Å². The first kappa shape index (κ1) is 24.3. The molecular formula is C25H32BNO10. The summed E-state index contributed by atoms with van der Waals surface area (Å²) in [4.78, 5) is 16.2. The molecule has 7 bridgehead atoms. The fourth-order valence-electron chi connectivity index (χ4n) is 10.1. The number of carbonyl (C=O) groups excluding carboxylic acids is 1. The zero-order valence-corrected chi connectivity index (χ0v) is 21.1. The molecule has 0 unspecified atom stereocenters. The first-order valence-corrected chi connectivity index (χ1v) is 12.7. The summed E-state index contributed by atoms with van der Waals surface area (Å²) in [5, 5.41) is 60.9. The molecule has 4 heterocycles. The van der Waals surface area contributed by atoms with Crippen molar-refractivity contribution >= 4 is 13.3 Å². The lowest BCUT2D eigenvalue weighted by Crippen LogP contribution is -2.78. The molecule has 0 amide bonds. The number of hydrogen-bond acceptors (Lipinski definition) is 10. The molecule has 11 nitrogen and oxygen atoms in total. The van der Waals surface area contributed by atoms with Gasteiger partial charge >= 0.3 is 13.3 Å². The number of aromatic amines is 1. The third-order valence-electron chi connectivity index (χ3n) is 11.5. The minimum Gasteiger partial charge on any atom is -0.451 e. The summed E-state index contributed by atoms with van der Waals surface area (Å²) in [5.41, 5.74) is -13.2. The van der Waals surface area contributed by atoms with Gasteiger partial charge in [0.1, 0.15) is 34.2 Å². The van der Waals surface area contributed by atoms with Crippen molar-refractivity contribution in [2.75, 3.05) is 0 Å². The average molecular weight is 517 g/mol. The summed E-state index contributed by atoms with van der Waals surface area (Å²) in [5.74, 6) is -3.74. The predicted octanol–water partition coefficient (Wildman–Crippen LogP) is -0.228. The van der Waals surface area contributed by atoms with Gasteiger partial charge in [-0.1, -0.05) is 27.4 Å². The Morgan fingerprint density at radius 3 is 2.57 bits per heavy atom.